The quantitative estimate of drug-likeness (QED) is 0.247. The number of nitrogens with one attached hydrogen (secondary N) is 1. The van der Waals surface area contributed by atoms with Crippen molar-refractivity contribution in [3.05, 3.63) is 142 Å². The summed E-state index contributed by atoms with van der Waals surface area (Å²) in [6.45, 7) is 4.42. The SMILES string of the molecule is Cc1ccc(CNC(=O)CN(CC(=O)N2CCN(C(c3ccccc3)c3ccc(Cl)cc3)CC2)C(=O)Cc2ccccc2)cc1. The average Bonchev–Trinajstić information content (AvgIpc) is 3.06. The lowest BCUT2D eigenvalue weighted by atomic mass is 9.96. The highest BCUT2D eigenvalue weighted by Crippen LogP contribution is 2.30. The number of benzene rings is 4. The van der Waals surface area contributed by atoms with E-state index < -0.39 is 0 Å². The third kappa shape index (κ3) is 9.03. The highest BCUT2D eigenvalue weighted by molar-refractivity contribution is 6.30. The summed E-state index contributed by atoms with van der Waals surface area (Å²) >= 11 is 6.18. The van der Waals surface area contributed by atoms with E-state index in [1.54, 1.807) is 4.90 Å². The molecule has 0 aliphatic carbocycles. The normalized spacial score (nSPS) is 14.0. The van der Waals surface area contributed by atoms with E-state index in [4.69, 9.17) is 11.6 Å². The molecule has 1 heterocycles. The molecule has 0 bridgehead atoms. The monoisotopic (exact) mass is 622 g/mol. The number of amides is 3. The Hall–Kier alpha value is -4.46. The predicted octanol–water partition coefficient (Wildman–Crippen LogP) is 5.27. The van der Waals surface area contributed by atoms with Crippen LogP contribution in [0, 0.1) is 6.92 Å². The summed E-state index contributed by atoms with van der Waals surface area (Å²) in [5, 5.41) is 3.59. The number of halogens is 1. The fraction of sp³-hybridized carbons (Fsp3) is 0.270. The van der Waals surface area contributed by atoms with Gasteiger partial charge in [0.25, 0.3) is 0 Å². The van der Waals surface area contributed by atoms with Crippen LogP contribution in [0.1, 0.15) is 33.9 Å². The van der Waals surface area contributed by atoms with Crippen LogP contribution in [0.4, 0.5) is 0 Å². The molecule has 1 fully saturated rings. The molecule has 7 nitrogen and oxygen atoms in total. The summed E-state index contributed by atoms with van der Waals surface area (Å²) in [4.78, 5) is 45.5. The molecule has 3 amide bonds. The van der Waals surface area contributed by atoms with Crippen molar-refractivity contribution in [3.8, 4) is 0 Å². The molecule has 1 atom stereocenters. The number of piperazine rings is 1. The molecule has 4 aromatic rings. The molecule has 232 valence electrons. The second-order valence-electron chi connectivity index (χ2n) is 11.5. The van der Waals surface area contributed by atoms with Crippen LogP contribution in [-0.4, -0.2) is 71.7 Å². The maximum absolute atomic E-state index is 13.6. The van der Waals surface area contributed by atoms with E-state index in [1.165, 1.54) is 10.5 Å². The van der Waals surface area contributed by atoms with Crippen molar-refractivity contribution in [1.82, 2.24) is 20.0 Å². The Bertz CT molecular complexity index is 1560. The molecule has 8 heteroatoms. The second-order valence-corrected chi connectivity index (χ2v) is 11.9. The van der Waals surface area contributed by atoms with Crippen LogP contribution in [0.5, 0.6) is 0 Å². The zero-order valence-electron chi connectivity index (χ0n) is 25.6. The minimum absolute atomic E-state index is 0.0295. The summed E-state index contributed by atoms with van der Waals surface area (Å²) in [6.07, 6.45) is 0.118. The Labute approximate surface area is 270 Å². The largest absolute Gasteiger partial charge is 0.350 e. The van der Waals surface area contributed by atoms with Gasteiger partial charge in [-0.05, 0) is 41.3 Å². The first kappa shape index (κ1) is 31.9. The highest BCUT2D eigenvalue weighted by atomic mass is 35.5. The molecule has 0 aromatic heterocycles. The molecule has 1 aliphatic heterocycles. The molecule has 1 N–H and O–H groups in total. The van der Waals surface area contributed by atoms with E-state index in [2.05, 4.69) is 34.5 Å². The molecule has 0 saturated carbocycles. The third-order valence-electron chi connectivity index (χ3n) is 8.15. The molecule has 45 heavy (non-hydrogen) atoms. The number of hydrogen-bond acceptors (Lipinski definition) is 4. The molecule has 4 aromatic carbocycles. The van der Waals surface area contributed by atoms with Crippen LogP contribution < -0.4 is 5.32 Å². The molecular formula is C37H39ClN4O3. The summed E-state index contributed by atoms with van der Waals surface area (Å²) in [5.41, 5.74) is 5.26. The number of hydrogen-bond donors (Lipinski definition) is 1. The summed E-state index contributed by atoms with van der Waals surface area (Å²) in [5.74, 6) is -0.723. The molecule has 5 rings (SSSR count). The van der Waals surface area contributed by atoms with Gasteiger partial charge in [-0.2, -0.15) is 0 Å². The van der Waals surface area contributed by atoms with E-state index in [9.17, 15) is 14.4 Å². The molecule has 0 radical (unpaired) electrons. The van der Waals surface area contributed by atoms with Crippen LogP contribution in [0.25, 0.3) is 0 Å². The Morgan fingerprint density at radius 2 is 1.33 bits per heavy atom. The van der Waals surface area contributed by atoms with Gasteiger partial charge in [0.2, 0.25) is 17.7 Å². The van der Waals surface area contributed by atoms with E-state index >= 15 is 0 Å². The van der Waals surface area contributed by atoms with E-state index in [0.717, 1.165) is 22.3 Å². The molecule has 1 aliphatic rings. The first-order valence-electron chi connectivity index (χ1n) is 15.3. The van der Waals surface area contributed by atoms with Gasteiger partial charge in [-0.1, -0.05) is 114 Å². The summed E-state index contributed by atoms with van der Waals surface area (Å²) in [7, 11) is 0. The van der Waals surface area contributed by atoms with Gasteiger partial charge in [-0.25, -0.2) is 0 Å². The number of rotatable bonds is 11. The Morgan fingerprint density at radius 1 is 0.733 bits per heavy atom. The van der Waals surface area contributed by atoms with Crippen LogP contribution in [-0.2, 0) is 27.3 Å². The average molecular weight is 623 g/mol. The first-order chi connectivity index (χ1) is 21.9. The fourth-order valence-electron chi connectivity index (χ4n) is 5.64. The molecular weight excluding hydrogens is 584 g/mol. The lowest BCUT2D eigenvalue weighted by molar-refractivity contribution is -0.143. The van der Waals surface area contributed by atoms with Gasteiger partial charge in [0.05, 0.1) is 12.5 Å². The van der Waals surface area contributed by atoms with Crippen LogP contribution in [0.3, 0.4) is 0 Å². The smallest absolute Gasteiger partial charge is 0.242 e. The van der Waals surface area contributed by atoms with Crippen molar-refractivity contribution in [1.29, 1.82) is 0 Å². The second kappa shape index (κ2) is 15.5. The van der Waals surface area contributed by atoms with Crippen molar-refractivity contribution in [3.63, 3.8) is 0 Å². The lowest BCUT2D eigenvalue weighted by Crippen LogP contribution is -2.53. The van der Waals surface area contributed by atoms with Gasteiger partial charge in [-0.3, -0.25) is 19.3 Å². The number of carbonyl (C=O) groups is 3. The van der Waals surface area contributed by atoms with Gasteiger partial charge >= 0.3 is 0 Å². The maximum atomic E-state index is 13.6. The van der Waals surface area contributed by atoms with Crippen LogP contribution in [0.2, 0.25) is 5.02 Å². The van der Waals surface area contributed by atoms with E-state index in [0.29, 0.717) is 37.7 Å². The fourth-order valence-corrected chi connectivity index (χ4v) is 5.76. The zero-order chi connectivity index (χ0) is 31.6. The zero-order valence-corrected chi connectivity index (χ0v) is 26.3. The number of aryl methyl sites for hydroxylation is 1. The van der Waals surface area contributed by atoms with Crippen LogP contribution in [0.15, 0.2) is 109 Å². The predicted molar refractivity (Wildman–Crippen MR) is 178 cm³/mol. The minimum atomic E-state index is -0.303. The Kier molecular flexibility index (Phi) is 11.0. The standard InChI is InChI=1S/C37H39ClN4O3/c1-28-12-14-30(15-13-28)25-39-34(43)26-42(35(44)24-29-8-4-2-5-9-29)27-36(45)40-20-22-41(23-21-40)37(31-10-6-3-7-11-31)32-16-18-33(38)19-17-32/h2-19,37H,20-27H2,1H3,(H,39,43). The summed E-state index contributed by atoms with van der Waals surface area (Å²) < 4.78 is 0. The van der Waals surface area contributed by atoms with Crippen molar-refractivity contribution in [2.75, 3.05) is 39.3 Å². The maximum Gasteiger partial charge on any atom is 0.242 e. The molecule has 0 spiro atoms. The topological polar surface area (TPSA) is 73.0 Å². The highest BCUT2D eigenvalue weighted by Gasteiger charge is 2.30. The Morgan fingerprint density at radius 3 is 1.98 bits per heavy atom. The first-order valence-corrected chi connectivity index (χ1v) is 15.7. The van der Waals surface area contributed by atoms with E-state index in [-0.39, 0.29) is 43.3 Å². The molecule has 1 unspecified atom stereocenters. The van der Waals surface area contributed by atoms with Gasteiger partial charge in [0, 0.05) is 37.7 Å². The van der Waals surface area contributed by atoms with Crippen LogP contribution >= 0.6 is 11.6 Å². The third-order valence-corrected chi connectivity index (χ3v) is 8.41. The van der Waals surface area contributed by atoms with Crippen molar-refractivity contribution in [2.45, 2.75) is 25.9 Å². The molecule has 1 saturated heterocycles. The number of carbonyl (C=O) groups excluding carboxylic acids is 3. The summed E-state index contributed by atoms with van der Waals surface area (Å²) in [6, 6.07) is 35.6. The minimum Gasteiger partial charge on any atom is -0.350 e. The van der Waals surface area contributed by atoms with Gasteiger partial charge < -0.3 is 15.1 Å². The number of nitrogens with zero attached hydrogens (tertiary/aromatic N) is 3. The van der Waals surface area contributed by atoms with Crippen molar-refractivity contribution in [2.24, 2.45) is 0 Å². The van der Waals surface area contributed by atoms with Crippen molar-refractivity contribution >= 4 is 29.3 Å². The van der Waals surface area contributed by atoms with Gasteiger partial charge in [-0.15, -0.1) is 0 Å². The van der Waals surface area contributed by atoms with Crippen molar-refractivity contribution < 1.29 is 14.4 Å². The lowest BCUT2D eigenvalue weighted by Gasteiger charge is -2.40. The van der Waals surface area contributed by atoms with E-state index in [1.807, 2.05) is 91.9 Å². The van der Waals surface area contributed by atoms with Gasteiger partial charge in [0.15, 0.2) is 0 Å². The van der Waals surface area contributed by atoms with Gasteiger partial charge in [0.1, 0.15) is 13.1 Å². The Balaban J connectivity index is 1.23.